The number of ether oxygens (including phenoxy) is 2. The van der Waals surface area contributed by atoms with Crippen LogP contribution in [0.15, 0.2) is 0 Å². The molecule has 0 bridgehead atoms. The van der Waals surface area contributed by atoms with Crippen LogP contribution >= 0.6 is 0 Å². The number of hydrogen-bond acceptors (Lipinski definition) is 3. The van der Waals surface area contributed by atoms with Crippen molar-refractivity contribution in [3.05, 3.63) is 0 Å². The number of hydrogen-bond donors (Lipinski definition) is 0. The summed E-state index contributed by atoms with van der Waals surface area (Å²) in [6.07, 6.45) is 27.3. The molecule has 4 fully saturated rings. The SMILES string of the molecule is CCCCCCCCCCCOC(=O)O[C@H]1CC[C@@]2(C)[C@H](CC[C@@H]3[C@@H]2CC[C@]2(C)[C@@H]([C@H](C)CCCC(C)C)CC[C@@H]32)C1. The molecule has 0 radical (unpaired) electrons. The summed E-state index contributed by atoms with van der Waals surface area (Å²) >= 11 is 0. The molecule has 0 saturated heterocycles. The van der Waals surface area contributed by atoms with Gasteiger partial charge in [-0.05, 0) is 116 Å². The molecule has 9 atom stereocenters. The minimum absolute atomic E-state index is 0.0617. The van der Waals surface area contributed by atoms with Crippen LogP contribution in [0, 0.1) is 52.3 Å². The van der Waals surface area contributed by atoms with Gasteiger partial charge in [-0.25, -0.2) is 4.79 Å². The summed E-state index contributed by atoms with van der Waals surface area (Å²) < 4.78 is 11.4. The number of carbonyl (C=O) groups is 1. The predicted octanol–water partition coefficient (Wildman–Crippen LogP) is 12.2. The van der Waals surface area contributed by atoms with Crippen molar-refractivity contribution in [1.29, 1.82) is 0 Å². The normalized spacial score (nSPS) is 36.6. The van der Waals surface area contributed by atoms with Crippen molar-refractivity contribution < 1.29 is 14.3 Å². The van der Waals surface area contributed by atoms with Gasteiger partial charge in [-0.1, -0.05) is 112 Å². The van der Waals surface area contributed by atoms with Gasteiger partial charge in [-0.2, -0.15) is 0 Å². The lowest BCUT2D eigenvalue weighted by Crippen LogP contribution is -2.54. The first kappa shape index (κ1) is 34.1. The standard InChI is InChI=1S/C39H70O3/c1-7-8-9-10-11-12-13-14-15-27-41-37(40)42-32-23-25-38(5)31(28-32)19-20-33-35-22-21-34(30(4)18-16-17-29(2)3)39(35,6)26-24-36(33)38/h29-36H,7-28H2,1-6H3/t30-,31-,32+,33+,34-,35+,36+,38+,39-/m1/s1. The van der Waals surface area contributed by atoms with E-state index < -0.39 is 6.16 Å². The average molecular weight is 587 g/mol. The fourth-order valence-electron chi connectivity index (χ4n) is 11.1. The highest BCUT2D eigenvalue weighted by molar-refractivity contribution is 5.60. The van der Waals surface area contributed by atoms with Crippen molar-refractivity contribution in [3.8, 4) is 0 Å². The fraction of sp³-hybridized carbons (Fsp3) is 0.974. The zero-order valence-electron chi connectivity index (χ0n) is 28.9. The Bertz CT molecular complexity index is 807. The molecule has 0 spiro atoms. The molecule has 0 aromatic carbocycles. The van der Waals surface area contributed by atoms with Gasteiger partial charge in [0.05, 0.1) is 6.61 Å². The number of rotatable bonds is 16. The third kappa shape index (κ3) is 8.29. The Hall–Kier alpha value is -0.730. The van der Waals surface area contributed by atoms with E-state index in [9.17, 15) is 4.79 Å². The maximum Gasteiger partial charge on any atom is 0.508 e. The van der Waals surface area contributed by atoms with Crippen LogP contribution in [0.5, 0.6) is 0 Å². The van der Waals surface area contributed by atoms with Crippen LogP contribution in [0.3, 0.4) is 0 Å². The van der Waals surface area contributed by atoms with E-state index in [1.807, 2.05) is 0 Å². The first-order chi connectivity index (χ1) is 20.2. The van der Waals surface area contributed by atoms with Gasteiger partial charge in [0.2, 0.25) is 0 Å². The summed E-state index contributed by atoms with van der Waals surface area (Å²) in [6.45, 7) is 15.5. The van der Waals surface area contributed by atoms with Crippen LogP contribution in [0.25, 0.3) is 0 Å². The third-order valence-corrected chi connectivity index (χ3v) is 13.5. The minimum Gasteiger partial charge on any atom is -0.434 e. The summed E-state index contributed by atoms with van der Waals surface area (Å²) in [4.78, 5) is 12.5. The van der Waals surface area contributed by atoms with E-state index in [4.69, 9.17) is 9.47 Å². The minimum atomic E-state index is -0.412. The van der Waals surface area contributed by atoms with Gasteiger partial charge >= 0.3 is 6.16 Å². The summed E-state index contributed by atoms with van der Waals surface area (Å²) in [6, 6.07) is 0. The molecule has 4 saturated carbocycles. The molecule has 0 aromatic rings. The van der Waals surface area contributed by atoms with Crippen molar-refractivity contribution in [2.75, 3.05) is 6.61 Å². The summed E-state index contributed by atoms with van der Waals surface area (Å²) in [5.74, 6) is 6.11. The first-order valence-electron chi connectivity index (χ1n) is 19.0. The van der Waals surface area contributed by atoms with Crippen LogP contribution < -0.4 is 0 Å². The number of carbonyl (C=O) groups excluding carboxylic acids is 1. The van der Waals surface area contributed by atoms with Crippen molar-refractivity contribution in [3.63, 3.8) is 0 Å². The molecule has 42 heavy (non-hydrogen) atoms. The van der Waals surface area contributed by atoms with E-state index >= 15 is 0 Å². The van der Waals surface area contributed by atoms with E-state index in [1.54, 1.807) is 0 Å². The van der Waals surface area contributed by atoms with Crippen molar-refractivity contribution >= 4 is 6.16 Å². The van der Waals surface area contributed by atoms with Crippen molar-refractivity contribution in [2.24, 2.45) is 52.3 Å². The molecule has 4 rings (SSSR count). The second-order valence-electron chi connectivity index (χ2n) is 16.6. The Morgan fingerprint density at radius 2 is 1.40 bits per heavy atom. The Kier molecular flexibility index (Phi) is 13.0. The monoisotopic (exact) mass is 587 g/mol. The highest BCUT2D eigenvalue weighted by atomic mass is 16.7. The lowest BCUT2D eigenvalue weighted by atomic mass is 9.44. The predicted molar refractivity (Wildman–Crippen MR) is 177 cm³/mol. The highest BCUT2D eigenvalue weighted by Gasteiger charge is 2.60. The summed E-state index contributed by atoms with van der Waals surface area (Å²) in [5.41, 5.74) is 1.01. The molecule has 0 aromatic heterocycles. The molecule has 0 N–H and O–H groups in total. The smallest absolute Gasteiger partial charge is 0.434 e. The van der Waals surface area contributed by atoms with E-state index in [2.05, 4.69) is 41.5 Å². The molecule has 0 heterocycles. The quantitative estimate of drug-likeness (QED) is 0.133. The van der Waals surface area contributed by atoms with E-state index in [1.165, 1.54) is 109 Å². The summed E-state index contributed by atoms with van der Waals surface area (Å²) in [7, 11) is 0. The van der Waals surface area contributed by atoms with Crippen LogP contribution in [0.2, 0.25) is 0 Å². The highest BCUT2D eigenvalue weighted by Crippen LogP contribution is 2.68. The van der Waals surface area contributed by atoms with Crippen LogP contribution in [-0.2, 0) is 9.47 Å². The molecular weight excluding hydrogens is 516 g/mol. The Balaban J connectivity index is 1.19. The molecule has 0 amide bonds. The molecule has 0 aliphatic heterocycles. The van der Waals surface area contributed by atoms with Crippen molar-refractivity contribution in [1.82, 2.24) is 0 Å². The third-order valence-electron chi connectivity index (χ3n) is 13.5. The van der Waals surface area contributed by atoms with E-state index in [0.29, 0.717) is 23.4 Å². The van der Waals surface area contributed by atoms with E-state index in [0.717, 1.165) is 61.2 Å². The van der Waals surface area contributed by atoms with Crippen LogP contribution in [0.4, 0.5) is 4.79 Å². The molecular formula is C39H70O3. The van der Waals surface area contributed by atoms with Crippen LogP contribution in [0.1, 0.15) is 176 Å². The molecule has 0 unspecified atom stereocenters. The number of fused-ring (bicyclic) bond motifs is 5. The second kappa shape index (κ2) is 16.0. The maximum absolute atomic E-state index is 12.5. The van der Waals surface area contributed by atoms with Gasteiger partial charge in [0, 0.05) is 0 Å². The van der Waals surface area contributed by atoms with Gasteiger partial charge < -0.3 is 9.47 Å². The second-order valence-corrected chi connectivity index (χ2v) is 16.6. The zero-order chi connectivity index (χ0) is 30.2. The average Bonchev–Trinajstić information content (AvgIpc) is 3.31. The molecule has 4 aliphatic carbocycles. The van der Waals surface area contributed by atoms with Gasteiger partial charge in [-0.3, -0.25) is 0 Å². The molecule has 3 nitrogen and oxygen atoms in total. The van der Waals surface area contributed by atoms with Gasteiger partial charge in [0.1, 0.15) is 6.10 Å². The zero-order valence-corrected chi connectivity index (χ0v) is 28.9. The Morgan fingerprint density at radius 3 is 2.12 bits per heavy atom. The van der Waals surface area contributed by atoms with Gasteiger partial charge in [0.25, 0.3) is 0 Å². The maximum atomic E-state index is 12.5. The van der Waals surface area contributed by atoms with Crippen LogP contribution in [-0.4, -0.2) is 18.9 Å². The molecule has 4 aliphatic rings. The Labute approximate surface area is 261 Å². The van der Waals surface area contributed by atoms with Crippen molar-refractivity contribution in [2.45, 2.75) is 182 Å². The largest absolute Gasteiger partial charge is 0.508 e. The lowest BCUT2D eigenvalue weighted by molar-refractivity contribution is -0.132. The first-order valence-corrected chi connectivity index (χ1v) is 19.0. The van der Waals surface area contributed by atoms with E-state index in [-0.39, 0.29) is 6.10 Å². The van der Waals surface area contributed by atoms with Gasteiger partial charge in [-0.15, -0.1) is 0 Å². The molecule has 3 heteroatoms. The summed E-state index contributed by atoms with van der Waals surface area (Å²) in [5, 5.41) is 0. The molecule has 244 valence electrons. The number of unbranched alkanes of at least 4 members (excludes halogenated alkanes) is 8. The Morgan fingerprint density at radius 1 is 0.738 bits per heavy atom. The topological polar surface area (TPSA) is 35.5 Å². The van der Waals surface area contributed by atoms with Gasteiger partial charge in [0.15, 0.2) is 0 Å². The fourth-order valence-corrected chi connectivity index (χ4v) is 11.1. The lowest BCUT2D eigenvalue weighted by Gasteiger charge is -2.61.